The van der Waals surface area contributed by atoms with Gasteiger partial charge in [-0.1, -0.05) is 17.7 Å². The Morgan fingerprint density at radius 1 is 1.05 bits per heavy atom. The second-order valence-electron chi connectivity index (χ2n) is 3.88. The molecule has 0 radical (unpaired) electrons. The highest BCUT2D eigenvalue weighted by Gasteiger charge is 2.10. The minimum atomic E-state index is -0.829. The lowest BCUT2D eigenvalue weighted by Crippen LogP contribution is -2.03. The van der Waals surface area contributed by atoms with Crippen molar-refractivity contribution in [2.24, 2.45) is 0 Å². The van der Waals surface area contributed by atoms with E-state index >= 15 is 0 Å². The summed E-state index contributed by atoms with van der Waals surface area (Å²) in [7, 11) is 0. The van der Waals surface area contributed by atoms with Crippen molar-refractivity contribution in [3.05, 3.63) is 58.4 Å². The van der Waals surface area contributed by atoms with Crippen LogP contribution < -0.4 is 5.32 Å². The maximum absolute atomic E-state index is 13.5. The molecule has 19 heavy (non-hydrogen) atoms. The SMILES string of the molecule is Oc1ccc(CNc2c(F)cc(F)cc2Cl)cc1F. The van der Waals surface area contributed by atoms with Gasteiger partial charge in [0.15, 0.2) is 17.4 Å². The molecule has 0 spiro atoms. The van der Waals surface area contributed by atoms with E-state index < -0.39 is 23.2 Å². The van der Waals surface area contributed by atoms with E-state index in [1.165, 1.54) is 12.1 Å². The third-order valence-corrected chi connectivity index (χ3v) is 2.79. The van der Waals surface area contributed by atoms with Crippen LogP contribution in [0.25, 0.3) is 0 Å². The van der Waals surface area contributed by atoms with Crippen molar-refractivity contribution < 1.29 is 18.3 Å². The Balaban J connectivity index is 2.16. The van der Waals surface area contributed by atoms with Gasteiger partial charge in [-0.05, 0) is 23.8 Å². The van der Waals surface area contributed by atoms with Crippen LogP contribution in [-0.4, -0.2) is 5.11 Å². The molecule has 0 aliphatic heterocycles. The van der Waals surface area contributed by atoms with Gasteiger partial charge in [0.05, 0.1) is 10.7 Å². The third kappa shape index (κ3) is 3.12. The number of phenolic OH excluding ortho intramolecular Hbond substituents is 1. The largest absolute Gasteiger partial charge is 0.505 e. The van der Waals surface area contributed by atoms with Gasteiger partial charge in [0.2, 0.25) is 0 Å². The molecule has 2 rings (SSSR count). The van der Waals surface area contributed by atoms with Crippen LogP contribution in [0.1, 0.15) is 5.56 Å². The predicted octanol–water partition coefficient (Wildman–Crippen LogP) is 4.08. The average Bonchev–Trinajstić information content (AvgIpc) is 2.32. The maximum Gasteiger partial charge on any atom is 0.165 e. The van der Waals surface area contributed by atoms with Crippen molar-refractivity contribution in [3.63, 3.8) is 0 Å². The van der Waals surface area contributed by atoms with Crippen LogP contribution >= 0.6 is 11.6 Å². The van der Waals surface area contributed by atoms with Gasteiger partial charge < -0.3 is 10.4 Å². The molecule has 6 heteroatoms. The van der Waals surface area contributed by atoms with Gasteiger partial charge in [-0.15, -0.1) is 0 Å². The molecule has 0 aromatic heterocycles. The van der Waals surface area contributed by atoms with E-state index in [4.69, 9.17) is 16.7 Å². The summed E-state index contributed by atoms with van der Waals surface area (Å²) < 4.78 is 39.4. The van der Waals surface area contributed by atoms with E-state index in [1.54, 1.807) is 0 Å². The minimum absolute atomic E-state index is 0.0588. The van der Waals surface area contributed by atoms with Crippen LogP contribution in [0.5, 0.6) is 5.75 Å². The van der Waals surface area contributed by atoms with Gasteiger partial charge in [0, 0.05) is 12.6 Å². The van der Waals surface area contributed by atoms with Crippen molar-refractivity contribution in [1.82, 2.24) is 0 Å². The monoisotopic (exact) mass is 287 g/mol. The summed E-state index contributed by atoms with van der Waals surface area (Å²) in [6.07, 6.45) is 0. The fourth-order valence-corrected chi connectivity index (χ4v) is 1.82. The van der Waals surface area contributed by atoms with Crippen LogP contribution in [0.2, 0.25) is 5.02 Å². The molecule has 0 unspecified atom stereocenters. The first-order chi connectivity index (χ1) is 8.97. The molecular weight excluding hydrogens is 279 g/mol. The lowest BCUT2D eigenvalue weighted by Gasteiger charge is -2.10. The molecule has 2 aromatic carbocycles. The topological polar surface area (TPSA) is 32.3 Å². The van der Waals surface area contributed by atoms with E-state index in [9.17, 15) is 13.2 Å². The standard InChI is InChI=1S/C13H9ClF3NO/c14-9-4-8(15)5-11(17)13(9)18-6-7-1-2-12(19)10(16)3-7/h1-5,18-19H,6H2. The minimum Gasteiger partial charge on any atom is -0.505 e. The van der Waals surface area contributed by atoms with Crippen LogP contribution in [0.3, 0.4) is 0 Å². The molecule has 0 aliphatic rings. The molecule has 0 saturated heterocycles. The number of aromatic hydroxyl groups is 1. The predicted molar refractivity (Wildman–Crippen MR) is 66.8 cm³/mol. The number of halogens is 4. The summed E-state index contributed by atoms with van der Waals surface area (Å²) in [6.45, 7) is 0.0828. The maximum atomic E-state index is 13.5. The fourth-order valence-electron chi connectivity index (χ4n) is 1.56. The molecule has 0 aliphatic carbocycles. The number of benzene rings is 2. The zero-order valence-corrected chi connectivity index (χ0v) is 10.3. The van der Waals surface area contributed by atoms with E-state index in [0.717, 1.165) is 12.1 Å². The summed E-state index contributed by atoms with van der Waals surface area (Å²) >= 11 is 5.70. The third-order valence-electron chi connectivity index (χ3n) is 2.49. The molecular formula is C13H9ClF3NO. The van der Waals surface area contributed by atoms with E-state index in [0.29, 0.717) is 11.6 Å². The number of anilines is 1. The van der Waals surface area contributed by atoms with Crippen LogP contribution in [0, 0.1) is 17.5 Å². The van der Waals surface area contributed by atoms with Gasteiger partial charge >= 0.3 is 0 Å². The first-order valence-corrected chi connectivity index (χ1v) is 5.71. The summed E-state index contributed by atoms with van der Waals surface area (Å²) in [6, 6.07) is 5.45. The zero-order chi connectivity index (χ0) is 14.0. The zero-order valence-electron chi connectivity index (χ0n) is 9.55. The Labute approximate surface area is 112 Å². The Morgan fingerprint density at radius 2 is 1.79 bits per heavy atom. The van der Waals surface area contributed by atoms with Crippen LogP contribution in [0.4, 0.5) is 18.9 Å². The van der Waals surface area contributed by atoms with Crippen molar-refractivity contribution in [3.8, 4) is 5.75 Å². The summed E-state index contributed by atoms with van der Waals surface area (Å²) in [5, 5.41) is 11.6. The van der Waals surface area contributed by atoms with Crippen molar-refractivity contribution in [1.29, 1.82) is 0 Å². The highest BCUT2D eigenvalue weighted by Crippen LogP contribution is 2.27. The van der Waals surface area contributed by atoms with Crippen molar-refractivity contribution in [2.45, 2.75) is 6.54 Å². The normalized spacial score (nSPS) is 10.5. The Morgan fingerprint density at radius 3 is 2.42 bits per heavy atom. The first-order valence-electron chi connectivity index (χ1n) is 5.33. The molecule has 0 heterocycles. The van der Waals surface area contributed by atoms with Crippen LogP contribution in [0.15, 0.2) is 30.3 Å². The smallest absolute Gasteiger partial charge is 0.165 e. The molecule has 2 nitrogen and oxygen atoms in total. The molecule has 0 bridgehead atoms. The summed E-state index contributed by atoms with van der Waals surface area (Å²) in [5.41, 5.74) is 0.423. The summed E-state index contributed by atoms with van der Waals surface area (Å²) in [4.78, 5) is 0. The number of phenols is 1. The molecule has 2 N–H and O–H groups in total. The van der Waals surface area contributed by atoms with Gasteiger partial charge in [-0.2, -0.15) is 0 Å². The highest BCUT2D eigenvalue weighted by atomic mass is 35.5. The van der Waals surface area contributed by atoms with Gasteiger partial charge in [0.25, 0.3) is 0 Å². The fraction of sp³-hybridized carbons (Fsp3) is 0.0769. The number of hydrogen-bond donors (Lipinski definition) is 2. The Bertz CT molecular complexity index is 596. The number of nitrogens with one attached hydrogen (secondary N) is 1. The number of hydrogen-bond acceptors (Lipinski definition) is 2. The summed E-state index contributed by atoms with van der Waals surface area (Å²) in [5.74, 6) is -2.84. The molecule has 0 saturated carbocycles. The Kier molecular flexibility index (Phi) is 3.85. The number of rotatable bonds is 3. The van der Waals surface area contributed by atoms with E-state index in [-0.39, 0.29) is 17.3 Å². The molecule has 0 fully saturated rings. The molecule has 0 atom stereocenters. The van der Waals surface area contributed by atoms with E-state index in [1.807, 2.05) is 0 Å². The van der Waals surface area contributed by atoms with Crippen molar-refractivity contribution in [2.75, 3.05) is 5.32 Å². The quantitative estimate of drug-likeness (QED) is 0.892. The molecule has 0 amide bonds. The molecule has 2 aromatic rings. The molecule has 100 valence electrons. The van der Waals surface area contributed by atoms with Gasteiger partial charge in [-0.3, -0.25) is 0 Å². The lowest BCUT2D eigenvalue weighted by molar-refractivity contribution is 0.432. The second-order valence-corrected chi connectivity index (χ2v) is 4.29. The lowest BCUT2D eigenvalue weighted by atomic mass is 10.2. The van der Waals surface area contributed by atoms with Gasteiger partial charge in [0.1, 0.15) is 5.82 Å². The highest BCUT2D eigenvalue weighted by molar-refractivity contribution is 6.33. The first kappa shape index (κ1) is 13.5. The van der Waals surface area contributed by atoms with Gasteiger partial charge in [-0.25, -0.2) is 13.2 Å². The van der Waals surface area contributed by atoms with Crippen LogP contribution in [-0.2, 0) is 6.54 Å². The average molecular weight is 288 g/mol. The Hall–Kier alpha value is -1.88. The second kappa shape index (κ2) is 5.40. The van der Waals surface area contributed by atoms with E-state index in [2.05, 4.69) is 5.32 Å². The van der Waals surface area contributed by atoms with Crippen molar-refractivity contribution >= 4 is 17.3 Å².